The van der Waals surface area contributed by atoms with E-state index in [4.69, 9.17) is 5.11 Å². The number of rotatable bonds is 5. The van der Waals surface area contributed by atoms with Crippen molar-refractivity contribution in [3.05, 3.63) is 34.5 Å². The van der Waals surface area contributed by atoms with Crippen LogP contribution in [-0.4, -0.2) is 31.6 Å². The first-order chi connectivity index (χ1) is 9.61. The predicted octanol–water partition coefficient (Wildman–Crippen LogP) is 1.84. The number of hydrogen-bond acceptors (Lipinski definition) is 6. The second kappa shape index (κ2) is 6.20. The van der Waals surface area contributed by atoms with E-state index < -0.39 is 5.97 Å². The van der Waals surface area contributed by atoms with E-state index in [9.17, 15) is 9.59 Å². The Morgan fingerprint density at radius 1 is 1.40 bits per heavy atom. The van der Waals surface area contributed by atoms with Gasteiger partial charge in [-0.05, 0) is 30.1 Å². The molecule has 104 valence electrons. The SMILES string of the molecule is CCCc1nnsc1C(=O)Nc1cccc(C(=O)O)n1. The molecule has 2 heterocycles. The number of carbonyl (C=O) groups excluding carboxylic acids is 1. The molecule has 2 rings (SSSR count). The maximum absolute atomic E-state index is 12.1. The van der Waals surface area contributed by atoms with Gasteiger partial charge in [0.2, 0.25) is 0 Å². The number of nitrogens with zero attached hydrogens (tertiary/aromatic N) is 3. The summed E-state index contributed by atoms with van der Waals surface area (Å²) in [6.45, 7) is 1.99. The number of aryl methyl sites for hydroxylation is 1. The van der Waals surface area contributed by atoms with Gasteiger partial charge in [0.1, 0.15) is 10.7 Å². The Labute approximate surface area is 118 Å². The van der Waals surface area contributed by atoms with E-state index >= 15 is 0 Å². The van der Waals surface area contributed by atoms with Gasteiger partial charge in [-0.1, -0.05) is 23.9 Å². The van der Waals surface area contributed by atoms with E-state index in [0.717, 1.165) is 18.0 Å². The first kappa shape index (κ1) is 14.1. The normalized spacial score (nSPS) is 10.2. The van der Waals surface area contributed by atoms with Crippen LogP contribution in [0.4, 0.5) is 5.82 Å². The first-order valence-electron chi connectivity index (χ1n) is 5.94. The van der Waals surface area contributed by atoms with Crippen LogP contribution in [0.3, 0.4) is 0 Å². The van der Waals surface area contributed by atoms with Gasteiger partial charge in [-0.2, -0.15) is 0 Å². The number of nitrogens with one attached hydrogen (secondary N) is 1. The number of anilines is 1. The van der Waals surface area contributed by atoms with Crippen LogP contribution in [-0.2, 0) is 6.42 Å². The lowest BCUT2D eigenvalue weighted by Gasteiger charge is -2.04. The quantitative estimate of drug-likeness (QED) is 0.871. The maximum Gasteiger partial charge on any atom is 0.354 e. The second-order valence-electron chi connectivity index (χ2n) is 3.97. The zero-order valence-corrected chi connectivity index (χ0v) is 11.5. The fourth-order valence-corrected chi connectivity index (χ4v) is 2.18. The molecule has 1 amide bonds. The van der Waals surface area contributed by atoms with Crippen LogP contribution in [0, 0.1) is 0 Å². The number of hydrogen-bond donors (Lipinski definition) is 2. The van der Waals surface area contributed by atoms with Gasteiger partial charge in [0.15, 0.2) is 5.69 Å². The van der Waals surface area contributed by atoms with Gasteiger partial charge >= 0.3 is 5.97 Å². The van der Waals surface area contributed by atoms with Gasteiger partial charge in [-0.15, -0.1) is 5.10 Å². The topological polar surface area (TPSA) is 105 Å². The molecule has 0 bridgehead atoms. The average Bonchev–Trinajstić information content (AvgIpc) is 2.88. The Balaban J connectivity index is 2.17. The molecule has 8 heteroatoms. The number of aromatic carboxylic acids is 1. The molecule has 0 aliphatic heterocycles. The monoisotopic (exact) mass is 292 g/mol. The lowest BCUT2D eigenvalue weighted by Crippen LogP contribution is -2.14. The first-order valence-corrected chi connectivity index (χ1v) is 6.72. The van der Waals surface area contributed by atoms with Gasteiger partial charge in [0.05, 0.1) is 5.69 Å². The predicted molar refractivity (Wildman–Crippen MR) is 73.1 cm³/mol. The fraction of sp³-hybridized carbons (Fsp3) is 0.250. The molecular weight excluding hydrogens is 280 g/mol. The lowest BCUT2D eigenvalue weighted by atomic mass is 10.2. The van der Waals surface area contributed by atoms with Crippen molar-refractivity contribution in [2.75, 3.05) is 5.32 Å². The number of carboxylic acid groups (broad SMARTS) is 1. The summed E-state index contributed by atoms with van der Waals surface area (Å²) in [5.41, 5.74) is 0.517. The van der Waals surface area contributed by atoms with Crippen molar-refractivity contribution in [1.29, 1.82) is 0 Å². The Hall–Kier alpha value is -2.35. The van der Waals surface area contributed by atoms with E-state index in [1.165, 1.54) is 18.2 Å². The van der Waals surface area contributed by atoms with E-state index in [2.05, 4.69) is 19.9 Å². The third kappa shape index (κ3) is 3.15. The van der Waals surface area contributed by atoms with Crippen molar-refractivity contribution in [3.63, 3.8) is 0 Å². The molecule has 0 saturated carbocycles. The third-order valence-corrected chi connectivity index (χ3v) is 3.23. The van der Waals surface area contributed by atoms with Gasteiger partial charge in [0.25, 0.3) is 5.91 Å². The molecule has 0 aliphatic rings. The molecule has 0 saturated heterocycles. The van der Waals surface area contributed by atoms with Crippen molar-refractivity contribution in [1.82, 2.24) is 14.6 Å². The Bertz CT molecular complexity index is 641. The highest BCUT2D eigenvalue weighted by atomic mass is 32.1. The average molecular weight is 292 g/mol. The molecule has 2 N–H and O–H groups in total. The zero-order chi connectivity index (χ0) is 14.5. The molecule has 0 radical (unpaired) electrons. The van der Waals surface area contributed by atoms with Crippen LogP contribution in [0.2, 0.25) is 0 Å². The summed E-state index contributed by atoms with van der Waals surface area (Å²) in [5.74, 6) is -1.34. The summed E-state index contributed by atoms with van der Waals surface area (Å²) in [4.78, 5) is 27.2. The molecular formula is C12H12N4O3S. The number of pyridine rings is 1. The number of carbonyl (C=O) groups is 2. The largest absolute Gasteiger partial charge is 0.477 e. The van der Waals surface area contributed by atoms with Gasteiger partial charge < -0.3 is 10.4 Å². The van der Waals surface area contributed by atoms with Crippen LogP contribution >= 0.6 is 11.5 Å². The summed E-state index contributed by atoms with van der Waals surface area (Å²) < 4.78 is 3.77. The van der Waals surface area contributed by atoms with Crippen LogP contribution in [0.1, 0.15) is 39.2 Å². The van der Waals surface area contributed by atoms with Crippen molar-refractivity contribution < 1.29 is 14.7 Å². The van der Waals surface area contributed by atoms with Crippen LogP contribution < -0.4 is 5.32 Å². The fourth-order valence-electron chi connectivity index (χ4n) is 1.58. The summed E-state index contributed by atoms with van der Waals surface area (Å²) >= 11 is 1.01. The van der Waals surface area contributed by atoms with Gasteiger partial charge in [-0.3, -0.25) is 4.79 Å². The van der Waals surface area contributed by atoms with Gasteiger partial charge in [-0.25, -0.2) is 9.78 Å². The lowest BCUT2D eigenvalue weighted by molar-refractivity contribution is 0.0690. The zero-order valence-electron chi connectivity index (χ0n) is 10.7. The Kier molecular flexibility index (Phi) is 4.36. The van der Waals surface area contributed by atoms with Crippen molar-refractivity contribution in [3.8, 4) is 0 Å². The molecule has 7 nitrogen and oxygen atoms in total. The van der Waals surface area contributed by atoms with E-state index in [1.807, 2.05) is 6.92 Å². The summed E-state index contributed by atoms with van der Waals surface area (Å²) in [6.07, 6.45) is 1.53. The van der Waals surface area contributed by atoms with Crippen LogP contribution in [0.15, 0.2) is 18.2 Å². The summed E-state index contributed by atoms with van der Waals surface area (Å²) in [7, 11) is 0. The van der Waals surface area contributed by atoms with Crippen LogP contribution in [0.5, 0.6) is 0 Å². The molecule has 20 heavy (non-hydrogen) atoms. The molecule has 0 spiro atoms. The Morgan fingerprint density at radius 3 is 2.90 bits per heavy atom. The Morgan fingerprint density at radius 2 is 2.20 bits per heavy atom. The number of aromatic nitrogens is 3. The van der Waals surface area contributed by atoms with Crippen LogP contribution in [0.25, 0.3) is 0 Å². The maximum atomic E-state index is 12.1. The van der Waals surface area contributed by atoms with Crippen molar-refractivity contribution in [2.24, 2.45) is 0 Å². The molecule has 0 aliphatic carbocycles. The van der Waals surface area contributed by atoms with Crippen molar-refractivity contribution in [2.45, 2.75) is 19.8 Å². The van der Waals surface area contributed by atoms with Gasteiger partial charge in [0, 0.05) is 0 Å². The van der Waals surface area contributed by atoms with Crippen molar-refractivity contribution >= 4 is 29.2 Å². The van der Waals surface area contributed by atoms with E-state index in [-0.39, 0.29) is 17.4 Å². The minimum Gasteiger partial charge on any atom is -0.477 e. The molecule has 0 unspecified atom stereocenters. The molecule has 2 aromatic rings. The van der Waals surface area contributed by atoms with E-state index in [0.29, 0.717) is 17.0 Å². The van der Waals surface area contributed by atoms with E-state index in [1.54, 1.807) is 0 Å². The molecule has 0 aromatic carbocycles. The highest BCUT2D eigenvalue weighted by molar-refractivity contribution is 7.08. The summed E-state index contributed by atoms with van der Waals surface area (Å²) in [5, 5.41) is 15.3. The molecule has 2 aromatic heterocycles. The molecule has 0 fully saturated rings. The minimum absolute atomic E-state index is 0.126. The number of amides is 1. The highest BCUT2D eigenvalue weighted by Gasteiger charge is 2.16. The minimum atomic E-state index is -1.15. The molecule has 0 atom stereocenters. The number of carboxylic acids is 1. The standard InChI is InChI=1S/C12H12N4O3S/c1-2-4-7-10(20-16-15-7)11(17)14-9-6-3-5-8(13-9)12(18)19/h3,5-6H,2,4H2,1H3,(H,18,19)(H,13,14,17). The smallest absolute Gasteiger partial charge is 0.354 e. The third-order valence-electron chi connectivity index (χ3n) is 2.46. The highest BCUT2D eigenvalue weighted by Crippen LogP contribution is 2.15. The summed E-state index contributed by atoms with van der Waals surface area (Å²) in [6, 6.07) is 4.40. The second-order valence-corrected chi connectivity index (χ2v) is 4.72.